The third kappa shape index (κ3) is 4.97. The number of carbonyl (C=O) groups is 3. The van der Waals surface area contributed by atoms with E-state index in [-0.39, 0.29) is 24.5 Å². The minimum atomic E-state index is -0.897. The van der Waals surface area contributed by atoms with Crippen LogP contribution in [-0.2, 0) is 21.0 Å². The Balaban J connectivity index is 1.54. The number of carbonyl (C=O) groups excluding carboxylic acids is 2. The number of hydrogen-bond acceptors (Lipinski definition) is 6. The van der Waals surface area contributed by atoms with Gasteiger partial charge in [-0.2, -0.15) is 0 Å². The highest BCUT2D eigenvalue weighted by Crippen LogP contribution is 2.50. The van der Waals surface area contributed by atoms with E-state index in [4.69, 9.17) is 9.47 Å². The molecule has 0 fully saturated rings. The van der Waals surface area contributed by atoms with Crippen molar-refractivity contribution >= 4 is 17.5 Å². The Morgan fingerprint density at radius 2 is 1.55 bits per heavy atom. The van der Waals surface area contributed by atoms with Crippen molar-refractivity contribution in [2.75, 3.05) is 13.7 Å². The average molecular weight is 516 g/mol. The summed E-state index contributed by atoms with van der Waals surface area (Å²) in [7, 11) is 1.58. The zero-order chi connectivity index (χ0) is 26.8. The van der Waals surface area contributed by atoms with Gasteiger partial charge in [-0.1, -0.05) is 35.9 Å². The van der Waals surface area contributed by atoms with Crippen molar-refractivity contribution in [3.05, 3.63) is 81.7 Å². The van der Waals surface area contributed by atoms with Crippen LogP contribution < -0.4 is 9.47 Å². The van der Waals surface area contributed by atoms with E-state index < -0.39 is 11.9 Å². The molecule has 2 aromatic carbocycles. The molecule has 0 atom stereocenters. The fourth-order valence-corrected chi connectivity index (χ4v) is 5.86. The molecule has 3 aliphatic rings. The van der Waals surface area contributed by atoms with Gasteiger partial charge < -0.3 is 19.5 Å². The molecule has 0 aromatic heterocycles. The molecule has 198 valence electrons. The van der Waals surface area contributed by atoms with Crippen molar-refractivity contribution in [3.8, 4) is 11.5 Å². The standard InChI is InChI=1S/C31H33NO6/c1-19-9-11-20(12-10-19)18-38-26-14-13-21(17-27(26)37-2)29-30-22(5-3-7-24(30)33)32(16-15-28(35)36)23-6-4-8-25(34)31(23)29/h9-14,17,29H,3-8,15-16,18H2,1-2H3,(H,35,36). The predicted octanol–water partition coefficient (Wildman–Crippen LogP) is 5.47. The van der Waals surface area contributed by atoms with Gasteiger partial charge in [0.1, 0.15) is 6.61 Å². The molecule has 5 rings (SSSR count). The minimum absolute atomic E-state index is 0.0279. The molecule has 38 heavy (non-hydrogen) atoms. The summed E-state index contributed by atoms with van der Waals surface area (Å²) in [6, 6.07) is 13.8. The lowest BCUT2D eigenvalue weighted by atomic mass is 9.71. The molecule has 7 heteroatoms. The highest BCUT2D eigenvalue weighted by atomic mass is 16.5. The summed E-state index contributed by atoms with van der Waals surface area (Å²) in [5.41, 5.74) is 6.05. The number of carboxylic acid groups (broad SMARTS) is 1. The summed E-state index contributed by atoms with van der Waals surface area (Å²) in [4.78, 5) is 40.2. The van der Waals surface area contributed by atoms with Crippen molar-refractivity contribution in [2.24, 2.45) is 0 Å². The molecule has 0 bridgehead atoms. The Bertz CT molecular complexity index is 1290. The number of hydrogen-bond donors (Lipinski definition) is 1. The topological polar surface area (TPSA) is 93.1 Å². The Kier molecular flexibility index (Phi) is 7.36. The van der Waals surface area contributed by atoms with Crippen LogP contribution >= 0.6 is 0 Å². The van der Waals surface area contributed by atoms with Crippen LogP contribution in [0.4, 0.5) is 0 Å². The number of Topliss-reactive ketones (excluding diaryl/α,β-unsaturated/α-hetero) is 2. The number of aryl methyl sites for hydroxylation is 1. The molecule has 1 N–H and O–H groups in total. The number of ketones is 2. The lowest BCUT2D eigenvalue weighted by Crippen LogP contribution is -2.39. The Morgan fingerprint density at radius 1 is 0.921 bits per heavy atom. The monoisotopic (exact) mass is 515 g/mol. The molecule has 2 aliphatic carbocycles. The second-order valence-corrected chi connectivity index (χ2v) is 10.2. The van der Waals surface area contributed by atoms with Gasteiger partial charge in [0.15, 0.2) is 23.1 Å². The Labute approximate surface area is 222 Å². The van der Waals surface area contributed by atoms with Gasteiger partial charge in [-0.3, -0.25) is 14.4 Å². The number of ether oxygens (including phenoxy) is 2. The van der Waals surface area contributed by atoms with Gasteiger partial charge in [-0.05, 0) is 55.9 Å². The second-order valence-electron chi connectivity index (χ2n) is 10.2. The molecule has 1 aliphatic heterocycles. The smallest absolute Gasteiger partial charge is 0.305 e. The first-order valence-electron chi connectivity index (χ1n) is 13.3. The van der Waals surface area contributed by atoms with E-state index in [0.29, 0.717) is 54.9 Å². The lowest BCUT2D eigenvalue weighted by molar-refractivity contribution is -0.137. The number of allylic oxidation sites excluding steroid dienone is 4. The molecular weight excluding hydrogens is 482 g/mol. The third-order valence-electron chi connectivity index (χ3n) is 7.67. The fourth-order valence-electron chi connectivity index (χ4n) is 5.86. The van der Waals surface area contributed by atoms with Crippen LogP contribution in [0.1, 0.15) is 67.6 Å². The van der Waals surface area contributed by atoms with Gasteiger partial charge in [0.05, 0.1) is 13.5 Å². The number of aliphatic carboxylic acids is 1. The minimum Gasteiger partial charge on any atom is -0.493 e. The first-order valence-corrected chi connectivity index (χ1v) is 13.3. The SMILES string of the molecule is COc1cc(C2C3=C(CCCC3=O)N(CCC(=O)O)C3=C2C(=O)CCC3)ccc1OCc1ccc(C)cc1. The summed E-state index contributed by atoms with van der Waals surface area (Å²) in [6.45, 7) is 2.69. The molecule has 0 spiro atoms. The largest absolute Gasteiger partial charge is 0.493 e. The summed E-state index contributed by atoms with van der Waals surface area (Å²) >= 11 is 0. The molecule has 2 aromatic rings. The van der Waals surface area contributed by atoms with Gasteiger partial charge in [0.25, 0.3) is 0 Å². The van der Waals surface area contributed by atoms with E-state index in [9.17, 15) is 19.5 Å². The molecule has 0 saturated heterocycles. The molecule has 7 nitrogen and oxygen atoms in total. The van der Waals surface area contributed by atoms with Crippen molar-refractivity contribution in [1.82, 2.24) is 4.90 Å². The number of benzene rings is 2. The maximum absolute atomic E-state index is 13.4. The lowest BCUT2D eigenvalue weighted by Gasteiger charge is -2.44. The van der Waals surface area contributed by atoms with Crippen molar-refractivity contribution in [1.29, 1.82) is 0 Å². The van der Waals surface area contributed by atoms with Crippen molar-refractivity contribution in [3.63, 3.8) is 0 Å². The van der Waals surface area contributed by atoms with Gasteiger partial charge in [-0.15, -0.1) is 0 Å². The first-order chi connectivity index (χ1) is 18.4. The van der Waals surface area contributed by atoms with E-state index in [1.165, 1.54) is 5.56 Å². The zero-order valence-electron chi connectivity index (χ0n) is 21.9. The summed E-state index contributed by atoms with van der Waals surface area (Å²) in [6.07, 6.45) is 3.62. The maximum Gasteiger partial charge on any atom is 0.305 e. The predicted molar refractivity (Wildman–Crippen MR) is 142 cm³/mol. The Hall–Kier alpha value is -3.87. The van der Waals surface area contributed by atoms with E-state index >= 15 is 0 Å². The van der Waals surface area contributed by atoms with Crippen LogP contribution in [0.5, 0.6) is 11.5 Å². The molecule has 0 amide bonds. The Morgan fingerprint density at radius 3 is 2.13 bits per heavy atom. The molecule has 0 radical (unpaired) electrons. The number of methoxy groups -OCH3 is 1. The van der Waals surface area contributed by atoms with Crippen LogP contribution in [-0.4, -0.2) is 41.2 Å². The summed E-state index contributed by atoms with van der Waals surface area (Å²) in [5, 5.41) is 9.36. The summed E-state index contributed by atoms with van der Waals surface area (Å²) in [5.74, 6) is -0.198. The molecule has 0 unspecified atom stereocenters. The van der Waals surface area contributed by atoms with Crippen LogP contribution in [0.15, 0.2) is 65.0 Å². The molecular formula is C31H33NO6. The highest BCUT2D eigenvalue weighted by Gasteiger charge is 2.43. The van der Waals surface area contributed by atoms with Crippen LogP contribution in [0.25, 0.3) is 0 Å². The van der Waals surface area contributed by atoms with E-state index in [1.807, 2.05) is 54.3 Å². The zero-order valence-corrected chi connectivity index (χ0v) is 21.9. The number of carboxylic acids is 1. The average Bonchev–Trinajstić information content (AvgIpc) is 2.91. The van der Waals surface area contributed by atoms with Gasteiger partial charge in [-0.25, -0.2) is 0 Å². The second kappa shape index (κ2) is 10.9. The third-order valence-corrected chi connectivity index (χ3v) is 7.67. The van der Waals surface area contributed by atoms with Gasteiger partial charge in [0.2, 0.25) is 0 Å². The quantitative estimate of drug-likeness (QED) is 0.498. The van der Waals surface area contributed by atoms with Crippen LogP contribution in [0.3, 0.4) is 0 Å². The van der Waals surface area contributed by atoms with Gasteiger partial charge in [0, 0.05) is 47.8 Å². The van der Waals surface area contributed by atoms with Crippen LogP contribution in [0, 0.1) is 6.92 Å². The van der Waals surface area contributed by atoms with Gasteiger partial charge >= 0.3 is 5.97 Å². The van der Waals surface area contributed by atoms with Crippen LogP contribution in [0.2, 0.25) is 0 Å². The molecule has 0 saturated carbocycles. The van der Waals surface area contributed by atoms with E-state index in [1.54, 1.807) is 7.11 Å². The first kappa shape index (κ1) is 25.8. The van der Waals surface area contributed by atoms with Crippen molar-refractivity contribution < 1.29 is 29.0 Å². The fraction of sp³-hybridized carbons (Fsp3) is 0.387. The van der Waals surface area contributed by atoms with E-state index in [0.717, 1.165) is 35.4 Å². The van der Waals surface area contributed by atoms with E-state index in [2.05, 4.69) is 0 Å². The normalized spacial score (nSPS) is 17.9. The molecule has 1 heterocycles. The summed E-state index contributed by atoms with van der Waals surface area (Å²) < 4.78 is 11.8. The highest BCUT2D eigenvalue weighted by molar-refractivity contribution is 6.06. The number of rotatable bonds is 8. The van der Waals surface area contributed by atoms with Crippen molar-refractivity contribution in [2.45, 2.75) is 64.4 Å². The number of nitrogens with zero attached hydrogens (tertiary/aromatic N) is 1. The maximum atomic E-state index is 13.4.